The average Bonchev–Trinajstić information content (AvgIpc) is 2.73. The summed E-state index contributed by atoms with van der Waals surface area (Å²) in [5, 5.41) is 3.32. The number of halogens is 1. The molecule has 0 bridgehead atoms. The first-order valence-corrected chi connectivity index (χ1v) is 11.0. The van der Waals surface area contributed by atoms with Crippen LogP contribution in [0.5, 0.6) is 0 Å². The highest BCUT2D eigenvalue weighted by Gasteiger charge is 2.43. The highest BCUT2D eigenvalue weighted by atomic mass is 19.1. The number of Topliss-reactive ketones (excluding diaryl/α,β-unsaturated/α-hetero) is 1. The number of carbonyl (C=O) groups is 2. The van der Waals surface area contributed by atoms with Gasteiger partial charge in [-0.15, -0.1) is 0 Å². The van der Waals surface area contributed by atoms with Crippen molar-refractivity contribution in [3.63, 3.8) is 0 Å². The maximum absolute atomic E-state index is 13.6. The molecule has 1 N–H and O–H groups in total. The molecule has 4 rings (SSSR count). The van der Waals surface area contributed by atoms with Gasteiger partial charge < -0.3 is 10.1 Å². The molecule has 2 aromatic carbocycles. The van der Waals surface area contributed by atoms with Crippen LogP contribution in [0.3, 0.4) is 0 Å². The molecule has 2 aliphatic rings. The normalized spacial score (nSPS) is 20.0. The molecule has 1 heterocycles. The van der Waals surface area contributed by atoms with E-state index in [0.717, 1.165) is 11.3 Å². The van der Waals surface area contributed by atoms with Crippen molar-refractivity contribution in [1.29, 1.82) is 0 Å². The SMILES string of the molecule is CC1=C(C(=O)OCCc2ccccc2)[C@@H](c2ccc(F)cc2)C2=C(CC(C)(C)CC2=O)N1. The molecule has 0 unspecified atom stereocenters. The zero-order chi connectivity index (χ0) is 22.9. The second-order valence-corrected chi connectivity index (χ2v) is 9.35. The second kappa shape index (κ2) is 8.73. The van der Waals surface area contributed by atoms with Crippen molar-refractivity contribution in [2.75, 3.05) is 6.61 Å². The van der Waals surface area contributed by atoms with Crippen LogP contribution in [0, 0.1) is 11.2 Å². The van der Waals surface area contributed by atoms with Gasteiger partial charge in [0.15, 0.2) is 5.78 Å². The van der Waals surface area contributed by atoms with Crippen molar-refractivity contribution in [3.05, 3.63) is 94.1 Å². The molecule has 0 amide bonds. The Morgan fingerprint density at radius 3 is 2.47 bits per heavy atom. The van der Waals surface area contributed by atoms with Gasteiger partial charge in [0, 0.05) is 35.7 Å². The first kappa shape index (κ1) is 22.0. The van der Waals surface area contributed by atoms with Gasteiger partial charge in [-0.05, 0) is 42.0 Å². The summed E-state index contributed by atoms with van der Waals surface area (Å²) in [6, 6.07) is 15.8. The first-order valence-electron chi connectivity index (χ1n) is 11.0. The van der Waals surface area contributed by atoms with Crippen LogP contribution in [-0.4, -0.2) is 18.4 Å². The van der Waals surface area contributed by atoms with E-state index in [1.807, 2.05) is 37.3 Å². The maximum Gasteiger partial charge on any atom is 0.336 e. The molecule has 0 radical (unpaired) electrons. The summed E-state index contributed by atoms with van der Waals surface area (Å²) in [6.45, 7) is 6.20. The predicted molar refractivity (Wildman–Crippen MR) is 121 cm³/mol. The predicted octanol–water partition coefficient (Wildman–Crippen LogP) is 5.22. The summed E-state index contributed by atoms with van der Waals surface area (Å²) < 4.78 is 19.3. The lowest BCUT2D eigenvalue weighted by atomic mass is 9.68. The summed E-state index contributed by atoms with van der Waals surface area (Å²) in [7, 11) is 0. The Bertz CT molecular complexity index is 1100. The van der Waals surface area contributed by atoms with E-state index in [2.05, 4.69) is 19.2 Å². The summed E-state index contributed by atoms with van der Waals surface area (Å²) in [6.07, 6.45) is 1.72. The Balaban J connectivity index is 1.66. The molecule has 1 aliphatic carbocycles. The summed E-state index contributed by atoms with van der Waals surface area (Å²) >= 11 is 0. The van der Waals surface area contributed by atoms with Crippen LogP contribution in [0.2, 0.25) is 0 Å². The van der Waals surface area contributed by atoms with E-state index >= 15 is 0 Å². The zero-order valence-corrected chi connectivity index (χ0v) is 18.7. The average molecular weight is 434 g/mol. The van der Waals surface area contributed by atoms with Crippen LogP contribution in [0.4, 0.5) is 4.39 Å². The molecule has 0 spiro atoms. The van der Waals surface area contributed by atoms with Crippen LogP contribution in [0.15, 0.2) is 77.1 Å². The number of hydrogen-bond acceptors (Lipinski definition) is 4. The Labute approximate surface area is 188 Å². The van der Waals surface area contributed by atoms with Gasteiger partial charge in [0.2, 0.25) is 0 Å². The van der Waals surface area contributed by atoms with E-state index in [0.29, 0.717) is 41.7 Å². The Hall–Kier alpha value is -3.21. The van der Waals surface area contributed by atoms with Crippen molar-refractivity contribution in [2.24, 2.45) is 5.41 Å². The van der Waals surface area contributed by atoms with Gasteiger partial charge >= 0.3 is 5.97 Å². The maximum atomic E-state index is 13.6. The van der Waals surface area contributed by atoms with E-state index in [9.17, 15) is 14.0 Å². The lowest BCUT2D eigenvalue weighted by Crippen LogP contribution is -2.38. The molecule has 1 atom stereocenters. The Morgan fingerprint density at radius 1 is 1.09 bits per heavy atom. The minimum atomic E-state index is -0.570. The number of dihydropyridines is 1. The van der Waals surface area contributed by atoms with Gasteiger partial charge in [0.1, 0.15) is 5.82 Å². The van der Waals surface area contributed by atoms with Crippen molar-refractivity contribution >= 4 is 11.8 Å². The molecule has 4 nitrogen and oxygen atoms in total. The monoisotopic (exact) mass is 433 g/mol. The third kappa shape index (κ3) is 4.52. The van der Waals surface area contributed by atoms with Crippen LogP contribution in [-0.2, 0) is 20.7 Å². The van der Waals surface area contributed by atoms with E-state index in [1.165, 1.54) is 12.1 Å². The fraction of sp³-hybridized carbons (Fsp3) is 0.333. The quantitative estimate of drug-likeness (QED) is 0.657. The molecule has 0 saturated heterocycles. The van der Waals surface area contributed by atoms with Crippen molar-refractivity contribution in [3.8, 4) is 0 Å². The molecule has 5 heteroatoms. The van der Waals surface area contributed by atoms with E-state index < -0.39 is 11.9 Å². The number of allylic oxidation sites excluding steroid dienone is 3. The highest BCUT2D eigenvalue weighted by molar-refractivity contribution is 6.04. The second-order valence-electron chi connectivity index (χ2n) is 9.35. The topological polar surface area (TPSA) is 55.4 Å². The molecule has 32 heavy (non-hydrogen) atoms. The molecule has 0 fully saturated rings. The van der Waals surface area contributed by atoms with Crippen LogP contribution >= 0.6 is 0 Å². The minimum absolute atomic E-state index is 0.0140. The van der Waals surface area contributed by atoms with Crippen LogP contribution in [0.1, 0.15) is 50.7 Å². The molecule has 166 valence electrons. The summed E-state index contributed by atoms with van der Waals surface area (Å²) in [4.78, 5) is 26.5. The van der Waals surface area contributed by atoms with E-state index in [1.54, 1.807) is 12.1 Å². The lowest BCUT2D eigenvalue weighted by Gasteiger charge is -2.39. The number of ether oxygens (including phenoxy) is 1. The molecule has 2 aromatic rings. The van der Waals surface area contributed by atoms with Gasteiger partial charge in [-0.25, -0.2) is 9.18 Å². The zero-order valence-electron chi connectivity index (χ0n) is 18.7. The van der Waals surface area contributed by atoms with Gasteiger partial charge in [-0.3, -0.25) is 4.79 Å². The van der Waals surface area contributed by atoms with Gasteiger partial charge in [-0.2, -0.15) is 0 Å². The number of carbonyl (C=O) groups excluding carboxylic acids is 2. The van der Waals surface area contributed by atoms with E-state index in [4.69, 9.17) is 4.74 Å². The van der Waals surface area contributed by atoms with Crippen LogP contribution < -0.4 is 5.32 Å². The van der Waals surface area contributed by atoms with Crippen LogP contribution in [0.25, 0.3) is 0 Å². The fourth-order valence-corrected chi connectivity index (χ4v) is 4.68. The standard InChI is InChI=1S/C27H28FNO3/c1-17-23(26(31)32-14-13-18-7-5-4-6-8-18)24(19-9-11-20(28)12-10-19)25-21(29-17)15-27(2,3)16-22(25)30/h4-12,24,29H,13-16H2,1-3H3/t24-/m1/s1. The fourth-order valence-electron chi connectivity index (χ4n) is 4.68. The van der Waals surface area contributed by atoms with Gasteiger partial charge in [-0.1, -0.05) is 56.3 Å². The minimum Gasteiger partial charge on any atom is -0.462 e. The number of benzene rings is 2. The number of nitrogens with one attached hydrogen (secondary N) is 1. The Morgan fingerprint density at radius 2 is 1.78 bits per heavy atom. The highest BCUT2D eigenvalue weighted by Crippen LogP contribution is 2.46. The van der Waals surface area contributed by atoms with Crippen molar-refractivity contribution in [1.82, 2.24) is 5.32 Å². The molecule has 1 aliphatic heterocycles. The van der Waals surface area contributed by atoms with Crippen molar-refractivity contribution in [2.45, 2.75) is 46.0 Å². The lowest BCUT2D eigenvalue weighted by molar-refractivity contribution is -0.139. The van der Waals surface area contributed by atoms with Gasteiger partial charge in [0.05, 0.1) is 12.2 Å². The number of hydrogen-bond donors (Lipinski definition) is 1. The smallest absolute Gasteiger partial charge is 0.336 e. The molecular weight excluding hydrogens is 405 g/mol. The van der Waals surface area contributed by atoms with Crippen molar-refractivity contribution < 1.29 is 18.7 Å². The third-order valence-corrected chi connectivity index (χ3v) is 6.13. The summed E-state index contributed by atoms with van der Waals surface area (Å²) in [5.41, 5.74) is 4.16. The molecular formula is C27H28FNO3. The number of esters is 1. The third-order valence-electron chi connectivity index (χ3n) is 6.13. The largest absolute Gasteiger partial charge is 0.462 e. The summed E-state index contributed by atoms with van der Waals surface area (Å²) in [5.74, 6) is -1.37. The molecule has 0 aromatic heterocycles. The number of rotatable bonds is 5. The Kier molecular flexibility index (Phi) is 6.00. The number of ketones is 1. The van der Waals surface area contributed by atoms with Gasteiger partial charge in [0.25, 0.3) is 0 Å². The first-order chi connectivity index (χ1) is 15.2. The van der Waals surface area contributed by atoms with E-state index in [-0.39, 0.29) is 23.6 Å². The molecule has 0 saturated carbocycles.